The van der Waals surface area contributed by atoms with Crippen molar-refractivity contribution in [3.8, 4) is 0 Å². The average molecular weight is 169 g/mol. The lowest BCUT2D eigenvalue weighted by molar-refractivity contribution is 0.0700. The van der Waals surface area contributed by atoms with Gasteiger partial charge in [0, 0.05) is 0 Å². The topological polar surface area (TPSA) is 3.24 Å². The Morgan fingerprint density at radius 3 is 2.08 bits per heavy atom. The van der Waals surface area contributed by atoms with Crippen molar-refractivity contribution in [3.05, 3.63) is 0 Å². The van der Waals surface area contributed by atoms with Crippen LogP contribution in [0.5, 0.6) is 0 Å². The third-order valence-electron chi connectivity index (χ3n) is 3.91. The third kappa shape index (κ3) is 1.82. The molecule has 1 aliphatic heterocycles. The Kier molecular flexibility index (Phi) is 3.16. The summed E-state index contributed by atoms with van der Waals surface area (Å²) in [6.45, 7) is 9.72. The lowest BCUT2D eigenvalue weighted by Gasteiger charge is -2.43. The molecule has 0 aromatic carbocycles. The van der Waals surface area contributed by atoms with Gasteiger partial charge in [0.25, 0.3) is 0 Å². The zero-order chi connectivity index (χ0) is 9.19. The van der Waals surface area contributed by atoms with E-state index < -0.39 is 0 Å². The number of hydrogen-bond acceptors (Lipinski definition) is 1. The van der Waals surface area contributed by atoms with Gasteiger partial charge < -0.3 is 4.90 Å². The molecule has 0 amide bonds. The van der Waals surface area contributed by atoms with Gasteiger partial charge in [0.1, 0.15) is 0 Å². The molecule has 1 heteroatoms. The highest BCUT2D eigenvalue weighted by Crippen LogP contribution is 2.41. The molecule has 1 rings (SSSR count). The number of nitrogens with zero attached hydrogens (tertiary/aromatic N) is 1. The molecule has 72 valence electrons. The first-order valence-corrected chi connectivity index (χ1v) is 5.29. The molecule has 0 aliphatic carbocycles. The predicted octanol–water partition coefficient (Wildman–Crippen LogP) is 2.76. The van der Waals surface area contributed by atoms with Gasteiger partial charge in [0.05, 0.1) is 0 Å². The summed E-state index contributed by atoms with van der Waals surface area (Å²) in [5.74, 6) is 0.858. The fraction of sp³-hybridized carbons (Fsp3) is 1.00. The molecule has 0 bridgehead atoms. The monoisotopic (exact) mass is 169 g/mol. The van der Waals surface area contributed by atoms with E-state index in [9.17, 15) is 0 Å². The Morgan fingerprint density at radius 2 is 1.75 bits per heavy atom. The van der Waals surface area contributed by atoms with Crippen LogP contribution in [0, 0.1) is 11.3 Å². The maximum absolute atomic E-state index is 2.45. The second-order valence-corrected chi connectivity index (χ2v) is 4.67. The van der Waals surface area contributed by atoms with Crippen molar-refractivity contribution < 1.29 is 0 Å². The first-order valence-electron chi connectivity index (χ1n) is 5.29. The van der Waals surface area contributed by atoms with Gasteiger partial charge in [-0.1, -0.05) is 27.2 Å². The molecule has 1 saturated heterocycles. The van der Waals surface area contributed by atoms with E-state index in [0.29, 0.717) is 5.41 Å². The molecular formula is C11H23N. The Hall–Kier alpha value is -0.0400. The van der Waals surface area contributed by atoms with E-state index in [4.69, 9.17) is 0 Å². The minimum absolute atomic E-state index is 0.659. The third-order valence-corrected chi connectivity index (χ3v) is 3.91. The van der Waals surface area contributed by atoms with Gasteiger partial charge >= 0.3 is 0 Å². The fourth-order valence-electron chi connectivity index (χ4n) is 2.40. The summed E-state index contributed by atoms with van der Waals surface area (Å²) < 4.78 is 0. The van der Waals surface area contributed by atoms with E-state index >= 15 is 0 Å². The van der Waals surface area contributed by atoms with Crippen LogP contribution in [0.4, 0.5) is 0 Å². The molecule has 1 heterocycles. The molecule has 0 saturated carbocycles. The van der Waals surface area contributed by atoms with Gasteiger partial charge in [-0.05, 0) is 44.3 Å². The number of likely N-dealkylation sites (tertiary alicyclic amines) is 1. The molecule has 1 fully saturated rings. The number of hydrogen-bond donors (Lipinski definition) is 0. The first-order chi connectivity index (χ1) is 5.60. The van der Waals surface area contributed by atoms with Gasteiger partial charge in [0.15, 0.2) is 0 Å². The first kappa shape index (κ1) is 10.0. The molecule has 1 aliphatic rings. The number of piperidine rings is 1. The molecule has 0 unspecified atom stereocenters. The van der Waals surface area contributed by atoms with Crippen molar-refractivity contribution in [2.24, 2.45) is 11.3 Å². The zero-order valence-corrected chi connectivity index (χ0v) is 9.06. The van der Waals surface area contributed by atoms with E-state index in [1.54, 1.807) is 0 Å². The lowest BCUT2D eigenvalue weighted by atomic mass is 9.68. The van der Waals surface area contributed by atoms with Gasteiger partial charge in [0.2, 0.25) is 0 Å². The molecule has 1 nitrogen and oxygen atoms in total. The fourth-order valence-corrected chi connectivity index (χ4v) is 2.40. The van der Waals surface area contributed by atoms with E-state index in [0.717, 1.165) is 5.92 Å². The van der Waals surface area contributed by atoms with Crippen molar-refractivity contribution in [2.45, 2.75) is 40.0 Å². The van der Waals surface area contributed by atoms with E-state index in [1.807, 2.05) is 0 Å². The molecule has 12 heavy (non-hydrogen) atoms. The second-order valence-electron chi connectivity index (χ2n) is 4.67. The number of rotatable bonds is 2. The van der Waals surface area contributed by atoms with Crippen molar-refractivity contribution in [2.75, 3.05) is 20.1 Å². The summed E-state index contributed by atoms with van der Waals surface area (Å²) in [5, 5.41) is 0. The summed E-state index contributed by atoms with van der Waals surface area (Å²) in [6.07, 6.45) is 4.16. The van der Waals surface area contributed by atoms with Crippen LogP contribution in [0.25, 0.3) is 0 Å². The summed E-state index contributed by atoms with van der Waals surface area (Å²) in [5.41, 5.74) is 0.659. The maximum atomic E-state index is 2.45. The van der Waals surface area contributed by atoms with Crippen molar-refractivity contribution in [3.63, 3.8) is 0 Å². The van der Waals surface area contributed by atoms with Gasteiger partial charge in [-0.25, -0.2) is 0 Å². The van der Waals surface area contributed by atoms with Crippen LogP contribution in [0.3, 0.4) is 0 Å². The van der Waals surface area contributed by atoms with Crippen LogP contribution in [0.1, 0.15) is 40.0 Å². The van der Waals surface area contributed by atoms with Gasteiger partial charge in [-0.2, -0.15) is 0 Å². The highest BCUT2D eigenvalue weighted by atomic mass is 15.1. The Morgan fingerprint density at radius 1 is 1.25 bits per heavy atom. The molecule has 0 radical (unpaired) electrons. The van der Waals surface area contributed by atoms with Crippen molar-refractivity contribution >= 4 is 0 Å². The molecule has 0 aromatic heterocycles. The largest absolute Gasteiger partial charge is 0.306 e. The predicted molar refractivity (Wildman–Crippen MR) is 54.3 cm³/mol. The highest BCUT2D eigenvalue weighted by molar-refractivity contribution is 4.86. The van der Waals surface area contributed by atoms with E-state index in [2.05, 4.69) is 32.7 Å². The van der Waals surface area contributed by atoms with Crippen molar-refractivity contribution in [1.29, 1.82) is 0 Å². The summed E-state index contributed by atoms with van der Waals surface area (Å²) in [7, 11) is 2.24. The van der Waals surface area contributed by atoms with Crippen LogP contribution in [0.2, 0.25) is 0 Å². The van der Waals surface area contributed by atoms with Crippen molar-refractivity contribution in [1.82, 2.24) is 4.90 Å². The molecule has 0 atom stereocenters. The average Bonchev–Trinajstić information content (AvgIpc) is 2.06. The van der Waals surface area contributed by atoms with Crippen LogP contribution in [0.15, 0.2) is 0 Å². The lowest BCUT2D eigenvalue weighted by Crippen LogP contribution is -2.40. The van der Waals surface area contributed by atoms with Crippen LogP contribution in [-0.4, -0.2) is 25.0 Å². The molecule has 0 aromatic rings. The maximum Gasteiger partial charge on any atom is -0.00164 e. The normalized spacial score (nSPS) is 24.8. The smallest absolute Gasteiger partial charge is 0.00164 e. The van der Waals surface area contributed by atoms with E-state index in [1.165, 1.54) is 32.4 Å². The van der Waals surface area contributed by atoms with E-state index in [-0.39, 0.29) is 0 Å². The van der Waals surface area contributed by atoms with Crippen LogP contribution >= 0.6 is 0 Å². The van der Waals surface area contributed by atoms with Crippen LogP contribution in [-0.2, 0) is 0 Å². The summed E-state index contributed by atoms with van der Waals surface area (Å²) in [6, 6.07) is 0. The zero-order valence-electron chi connectivity index (χ0n) is 9.06. The Balaban J connectivity index is 2.57. The second kappa shape index (κ2) is 3.78. The van der Waals surface area contributed by atoms with Gasteiger partial charge in [-0.15, -0.1) is 0 Å². The summed E-state index contributed by atoms with van der Waals surface area (Å²) >= 11 is 0. The molecular weight excluding hydrogens is 146 g/mol. The quantitative estimate of drug-likeness (QED) is 0.614. The summed E-state index contributed by atoms with van der Waals surface area (Å²) in [4.78, 5) is 2.45. The molecule has 0 N–H and O–H groups in total. The highest BCUT2D eigenvalue weighted by Gasteiger charge is 2.34. The minimum Gasteiger partial charge on any atom is -0.306 e. The molecule has 0 spiro atoms. The van der Waals surface area contributed by atoms with Crippen LogP contribution < -0.4 is 0 Å². The Bertz CT molecular complexity index is 132. The SMILES string of the molecule is CCC1(C(C)C)CCN(C)CC1. The van der Waals surface area contributed by atoms with Gasteiger partial charge in [-0.3, -0.25) is 0 Å². The Labute approximate surface area is 77.1 Å². The minimum atomic E-state index is 0.659. The standard InChI is InChI=1S/C11H23N/c1-5-11(10(2)3)6-8-12(4)9-7-11/h10H,5-9H2,1-4H3.